The van der Waals surface area contributed by atoms with Crippen molar-refractivity contribution >= 4 is 0 Å². The van der Waals surface area contributed by atoms with Gasteiger partial charge in [-0.3, -0.25) is 0 Å². The Morgan fingerprint density at radius 2 is 1.71 bits per heavy atom. The Bertz CT molecular complexity index is 552. The normalized spacial score (nSPS) is 10.4. The van der Waals surface area contributed by atoms with Crippen molar-refractivity contribution in [3.05, 3.63) is 59.4 Å². The van der Waals surface area contributed by atoms with E-state index in [1.807, 2.05) is 0 Å². The zero-order chi connectivity index (χ0) is 12.4. The third kappa shape index (κ3) is 2.58. The Kier molecular flexibility index (Phi) is 3.04. The molecule has 0 heterocycles. The number of rotatable bonds is 2. The van der Waals surface area contributed by atoms with Gasteiger partial charge in [-0.2, -0.15) is 0 Å². The molecule has 2 aromatic rings. The average molecular weight is 238 g/mol. The molecule has 0 aliphatic heterocycles. The number of aryl methyl sites for hydroxylation is 1. The zero-order valence-electron chi connectivity index (χ0n) is 9.01. The Morgan fingerprint density at radius 1 is 0.941 bits per heavy atom. The molecule has 0 amide bonds. The number of ether oxygens (including phenoxy) is 1. The first kappa shape index (κ1) is 11.5. The van der Waals surface area contributed by atoms with Crippen molar-refractivity contribution in [3.63, 3.8) is 0 Å². The fraction of sp³-hybridized carbons (Fsp3) is 0.0769. The lowest BCUT2D eigenvalue weighted by Crippen LogP contribution is -1.93. The maximum Gasteiger partial charge on any atom is 0.168 e. The average Bonchev–Trinajstić information content (AvgIpc) is 2.25. The third-order valence-corrected chi connectivity index (χ3v) is 2.21. The molecule has 0 aliphatic carbocycles. The molecular weight excluding hydrogens is 229 g/mol. The van der Waals surface area contributed by atoms with E-state index in [0.717, 1.165) is 18.2 Å². The van der Waals surface area contributed by atoms with Gasteiger partial charge < -0.3 is 4.74 Å². The van der Waals surface area contributed by atoms with Crippen LogP contribution in [-0.2, 0) is 0 Å². The highest BCUT2D eigenvalue weighted by Gasteiger charge is 2.10. The molecule has 0 saturated carbocycles. The van der Waals surface area contributed by atoms with Crippen LogP contribution in [0.4, 0.5) is 13.2 Å². The highest BCUT2D eigenvalue weighted by Crippen LogP contribution is 2.27. The predicted molar refractivity (Wildman–Crippen MR) is 57.6 cm³/mol. The molecule has 1 nitrogen and oxygen atoms in total. The lowest BCUT2D eigenvalue weighted by Gasteiger charge is -2.08. The van der Waals surface area contributed by atoms with Crippen LogP contribution in [0.15, 0.2) is 36.4 Å². The van der Waals surface area contributed by atoms with E-state index in [-0.39, 0.29) is 17.1 Å². The highest BCUT2D eigenvalue weighted by molar-refractivity contribution is 5.35. The van der Waals surface area contributed by atoms with Crippen molar-refractivity contribution in [2.45, 2.75) is 6.92 Å². The summed E-state index contributed by atoms with van der Waals surface area (Å²) in [4.78, 5) is 0. The van der Waals surface area contributed by atoms with Gasteiger partial charge in [-0.1, -0.05) is 6.07 Å². The summed E-state index contributed by atoms with van der Waals surface area (Å²) in [5.74, 6) is -1.90. The van der Waals surface area contributed by atoms with E-state index in [0.29, 0.717) is 0 Å². The molecule has 0 unspecified atom stereocenters. The summed E-state index contributed by atoms with van der Waals surface area (Å²) >= 11 is 0. The molecular formula is C13H9F3O. The first-order chi connectivity index (χ1) is 8.06. The van der Waals surface area contributed by atoms with Crippen LogP contribution in [0.25, 0.3) is 0 Å². The van der Waals surface area contributed by atoms with Crippen LogP contribution in [0.2, 0.25) is 0 Å². The fourth-order valence-electron chi connectivity index (χ4n) is 1.43. The maximum absolute atomic E-state index is 13.6. The van der Waals surface area contributed by atoms with Gasteiger partial charge in [0.15, 0.2) is 11.6 Å². The maximum atomic E-state index is 13.6. The highest BCUT2D eigenvalue weighted by atomic mass is 19.1. The minimum absolute atomic E-state index is 0.119. The Morgan fingerprint density at radius 3 is 2.41 bits per heavy atom. The standard InChI is InChI=1S/C13H9F3O/c1-8-5-10(15)7-12(13(8)16)17-11-4-2-3-9(14)6-11/h2-7H,1H3. The Labute approximate surface area is 96.5 Å². The topological polar surface area (TPSA) is 9.23 Å². The monoisotopic (exact) mass is 238 g/mol. The van der Waals surface area contributed by atoms with E-state index >= 15 is 0 Å². The van der Waals surface area contributed by atoms with E-state index in [2.05, 4.69) is 0 Å². The van der Waals surface area contributed by atoms with Crippen LogP contribution in [0.1, 0.15) is 5.56 Å². The molecule has 4 heteroatoms. The molecule has 2 aromatic carbocycles. The first-order valence-corrected chi connectivity index (χ1v) is 4.95. The second-order valence-electron chi connectivity index (χ2n) is 3.59. The van der Waals surface area contributed by atoms with Gasteiger partial charge in [0.1, 0.15) is 17.4 Å². The van der Waals surface area contributed by atoms with Gasteiger partial charge in [-0.25, -0.2) is 13.2 Å². The van der Waals surface area contributed by atoms with Gasteiger partial charge in [0.2, 0.25) is 0 Å². The van der Waals surface area contributed by atoms with Gasteiger partial charge in [0.25, 0.3) is 0 Å². The van der Waals surface area contributed by atoms with Gasteiger partial charge >= 0.3 is 0 Å². The summed E-state index contributed by atoms with van der Waals surface area (Å²) in [7, 11) is 0. The van der Waals surface area contributed by atoms with E-state index in [9.17, 15) is 13.2 Å². The molecule has 17 heavy (non-hydrogen) atoms. The Balaban J connectivity index is 2.36. The van der Waals surface area contributed by atoms with Crippen molar-refractivity contribution in [2.75, 3.05) is 0 Å². The third-order valence-electron chi connectivity index (χ3n) is 2.21. The molecule has 0 aromatic heterocycles. The summed E-state index contributed by atoms with van der Waals surface area (Å²) in [6.07, 6.45) is 0. The molecule has 2 rings (SSSR count). The molecule has 0 bridgehead atoms. The van der Waals surface area contributed by atoms with Crippen LogP contribution < -0.4 is 4.74 Å². The van der Waals surface area contributed by atoms with E-state index < -0.39 is 17.5 Å². The summed E-state index contributed by atoms with van der Waals surface area (Å²) in [6, 6.07) is 7.21. The predicted octanol–water partition coefficient (Wildman–Crippen LogP) is 4.20. The zero-order valence-corrected chi connectivity index (χ0v) is 9.01. The molecule has 0 fully saturated rings. The lowest BCUT2D eigenvalue weighted by molar-refractivity contribution is 0.431. The summed E-state index contributed by atoms with van der Waals surface area (Å²) in [5, 5.41) is 0. The largest absolute Gasteiger partial charge is 0.454 e. The lowest BCUT2D eigenvalue weighted by atomic mass is 10.2. The smallest absolute Gasteiger partial charge is 0.168 e. The van der Waals surface area contributed by atoms with E-state index in [4.69, 9.17) is 4.74 Å². The van der Waals surface area contributed by atoms with Gasteiger partial charge in [0, 0.05) is 12.1 Å². The van der Waals surface area contributed by atoms with Crippen LogP contribution in [0.3, 0.4) is 0 Å². The molecule has 0 saturated heterocycles. The van der Waals surface area contributed by atoms with Crippen molar-refractivity contribution in [1.82, 2.24) is 0 Å². The fourth-order valence-corrected chi connectivity index (χ4v) is 1.43. The quantitative estimate of drug-likeness (QED) is 0.761. The second-order valence-corrected chi connectivity index (χ2v) is 3.59. The van der Waals surface area contributed by atoms with Crippen LogP contribution >= 0.6 is 0 Å². The van der Waals surface area contributed by atoms with Crippen molar-refractivity contribution in [1.29, 1.82) is 0 Å². The van der Waals surface area contributed by atoms with Crippen molar-refractivity contribution in [3.8, 4) is 11.5 Å². The molecule has 0 aliphatic rings. The minimum Gasteiger partial charge on any atom is -0.454 e. The summed E-state index contributed by atoms with van der Waals surface area (Å²) < 4.78 is 44.6. The second kappa shape index (κ2) is 4.49. The number of hydrogen-bond donors (Lipinski definition) is 0. The van der Waals surface area contributed by atoms with Gasteiger partial charge in [0.05, 0.1) is 0 Å². The van der Waals surface area contributed by atoms with E-state index in [1.54, 1.807) is 0 Å². The number of benzene rings is 2. The minimum atomic E-state index is -0.657. The van der Waals surface area contributed by atoms with Gasteiger partial charge in [-0.15, -0.1) is 0 Å². The molecule has 0 atom stereocenters. The summed E-state index contributed by atoms with van der Waals surface area (Å²) in [5.41, 5.74) is 0.136. The van der Waals surface area contributed by atoms with Crippen LogP contribution in [0, 0.1) is 24.4 Å². The first-order valence-electron chi connectivity index (χ1n) is 4.95. The Hall–Kier alpha value is -1.97. The summed E-state index contributed by atoms with van der Waals surface area (Å²) in [6.45, 7) is 1.43. The van der Waals surface area contributed by atoms with Crippen LogP contribution in [-0.4, -0.2) is 0 Å². The van der Waals surface area contributed by atoms with Gasteiger partial charge in [-0.05, 0) is 30.7 Å². The molecule has 0 N–H and O–H groups in total. The molecule has 88 valence electrons. The number of hydrogen-bond acceptors (Lipinski definition) is 1. The SMILES string of the molecule is Cc1cc(F)cc(Oc2cccc(F)c2)c1F. The number of halogens is 3. The molecule has 0 radical (unpaired) electrons. The van der Waals surface area contributed by atoms with Crippen LogP contribution in [0.5, 0.6) is 11.5 Å². The van der Waals surface area contributed by atoms with Crippen molar-refractivity contribution < 1.29 is 17.9 Å². The van der Waals surface area contributed by atoms with E-state index in [1.165, 1.54) is 25.1 Å². The van der Waals surface area contributed by atoms with Crippen molar-refractivity contribution in [2.24, 2.45) is 0 Å². The molecule has 0 spiro atoms.